The molecule has 0 saturated carbocycles. The van der Waals surface area contributed by atoms with Crippen LogP contribution in [0.25, 0.3) is 106 Å². The molecule has 0 aliphatic heterocycles. The fourth-order valence-electron chi connectivity index (χ4n) is 8.73. The number of nitrogens with zero attached hydrogens (tertiary/aromatic N) is 2. The summed E-state index contributed by atoms with van der Waals surface area (Å²) in [5, 5.41) is 10.4. The first-order valence-corrected chi connectivity index (χ1v) is 19.3. The molecule has 2 nitrogen and oxygen atoms in total. The third kappa shape index (κ3) is 3.83. The van der Waals surface area contributed by atoms with Crippen LogP contribution >= 0.6 is 22.7 Å². The lowest BCUT2D eigenvalue weighted by molar-refractivity contribution is 1.18. The van der Waals surface area contributed by atoms with Crippen molar-refractivity contribution in [3.05, 3.63) is 170 Å². The Morgan fingerprint density at radius 1 is 0.327 bits per heavy atom. The zero-order valence-electron chi connectivity index (χ0n) is 27.9. The minimum atomic E-state index is 1.17. The average Bonchev–Trinajstić information content (AvgIpc) is 3.95. The van der Waals surface area contributed by atoms with Crippen molar-refractivity contribution >= 4 is 107 Å². The summed E-state index contributed by atoms with van der Waals surface area (Å²) in [5.74, 6) is 0. The lowest BCUT2D eigenvalue weighted by atomic mass is 10.0. The zero-order chi connectivity index (χ0) is 33.9. The summed E-state index contributed by atoms with van der Waals surface area (Å²) in [6, 6.07) is 62.7. The van der Waals surface area contributed by atoms with Gasteiger partial charge in [-0.3, -0.25) is 0 Å². The number of rotatable bonds is 3. The van der Waals surface area contributed by atoms with Gasteiger partial charge in [-0.25, -0.2) is 0 Å². The molecule has 0 radical (unpaired) electrons. The fourth-order valence-corrected chi connectivity index (χ4v) is 11.2. The average molecular weight is 697 g/mol. The highest BCUT2D eigenvalue weighted by molar-refractivity contribution is 7.27. The Kier molecular flexibility index (Phi) is 5.84. The highest BCUT2D eigenvalue weighted by Gasteiger charge is 2.22. The first-order chi connectivity index (χ1) is 25.8. The van der Waals surface area contributed by atoms with Crippen molar-refractivity contribution in [1.29, 1.82) is 0 Å². The SMILES string of the molecule is c1ccc(-n2c3ccccc3c3c2ccc2c4ccccc4n(-c4ccc5sc6c(-c7cccc8c7sc7ccccc78)cccc6c5c4)c23)cc1. The van der Waals surface area contributed by atoms with Gasteiger partial charge in [0.05, 0.1) is 22.1 Å². The Hall–Kier alpha value is -6.20. The molecule has 0 aliphatic carbocycles. The van der Waals surface area contributed by atoms with Crippen molar-refractivity contribution in [3.8, 4) is 22.5 Å². The normalized spacial score (nSPS) is 12.2. The van der Waals surface area contributed by atoms with Gasteiger partial charge < -0.3 is 9.13 Å². The van der Waals surface area contributed by atoms with Gasteiger partial charge in [-0.15, -0.1) is 22.7 Å². The Morgan fingerprint density at radius 2 is 0.923 bits per heavy atom. The molecule has 12 aromatic rings. The van der Waals surface area contributed by atoms with E-state index in [9.17, 15) is 0 Å². The minimum absolute atomic E-state index is 1.17. The van der Waals surface area contributed by atoms with Crippen LogP contribution in [0.15, 0.2) is 170 Å². The highest BCUT2D eigenvalue weighted by Crippen LogP contribution is 2.47. The summed E-state index contributed by atoms with van der Waals surface area (Å²) in [7, 11) is 0. The number of aromatic nitrogens is 2. The maximum Gasteiger partial charge on any atom is 0.0641 e. The summed E-state index contributed by atoms with van der Waals surface area (Å²) >= 11 is 3.81. The topological polar surface area (TPSA) is 9.86 Å². The fraction of sp³-hybridized carbons (Fsp3) is 0. The number of thiophene rings is 2. The van der Waals surface area contributed by atoms with Gasteiger partial charge in [-0.05, 0) is 54.6 Å². The zero-order valence-corrected chi connectivity index (χ0v) is 29.5. The van der Waals surface area contributed by atoms with Gasteiger partial charge in [-0.2, -0.15) is 0 Å². The number of fused-ring (bicyclic) bond motifs is 13. The molecule has 4 heterocycles. The van der Waals surface area contributed by atoms with E-state index in [-0.39, 0.29) is 0 Å². The van der Waals surface area contributed by atoms with Crippen molar-refractivity contribution in [3.63, 3.8) is 0 Å². The summed E-state index contributed by atoms with van der Waals surface area (Å²) in [6.07, 6.45) is 0. The van der Waals surface area contributed by atoms with E-state index in [0.29, 0.717) is 0 Å². The van der Waals surface area contributed by atoms with Crippen molar-refractivity contribution in [2.45, 2.75) is 0 Å². The number of benzene rings is 8. The van der Waals surface area contributed by atoms with Crippen molar-refractivity contribution in [1.82, 2.24) is 9.13 Å². The van der Waals surface area contributed by atoms with Gasteiger partial charge in [0.25, 0.3) is 0 Å². The molecule has 0 unspecified atom stereocenters. The summed E-state index contributed by atoms with van der Waals surface area (Å²) in [5.41, 5.74) is 9.88. The molecule has 0 spiro atoms. The molecule has 0 bridgehead atoms. The van der Waals surface area contributed by atoms with Crippen LogP contribution < -0.4 is 0 Å². The van der Waals surface area contributed by atoms with Gasteiger partial charge in [-0.1, -0.05) is 115 Å². The Bertz CT molecular complexity index is 3410. The molecule has 4 aromatic heterocycles. The number of para-hydroxylation sites is 3. The summed E-state index contributed by atoms with van der Waals surface area (Å²) in [6.45, 7) is 0. The van der Waals surface area contributed by atoms with Gasteiger partial charge in [0.1, 0.15) is 0 Å². The van der Waals surface area contributed by atoms with E-state index in [1.54, 1.807) is 0 Å². The van der Waals surface area contributed by atoms with E-state index in [1.165, 1.54) is 106 Å². The minimum Gasteiger partial charge on any atom is -0.309 e. The van der Waals surface area contributed by atoms with E-state index >= 15 is 0 Å². The third-order valence-corrected chi connectivity index (χ3v) is 13.4. The lowest BCUT2D eigenvalue weighted by Gasteiger charge is -2.10. The molecule has 0 N–H and O–H groups in total. The monoisotopic (exact) mass is 696 g/mol. The predicted molar refractivity (Wildman–Crippen MR) is 226 cm³/mol. The molecule has 242 valence electrons. The van der Waals surface area contributed by atoms with Crippen molar-refractivity contribution < 1.29 is 0 Å². The molecule has 8 aromatic carbocycles. The first-order valence-electron chi connectivity index (χ1n) is 17.7. The summed E-state index contributed by atoms with van der Waals surface area (Å²) < 4.78 is 10.3. The van der Waals surface area contributed by atoms with Crippen molar-refractivity contribution in [2.24, 2.45) is 0 Å². The second-order valence-corrected chi connectivity index (χ2v) is 15.7. The van der Waals surface area contributed by atoms with Gasteiger partial charge in [0.15, 0.2) is 0 Å². The first kappa shape index (κ1) is 28.5. The number of hydrogen-bond donors (Lipinski definition) is 0. The second-order valence-electron chi connectivity index (χ2n) is 13.6. The predicted octanol–water partition coefficient (Wildman–Crippen LogP) is 14.3. The van der Waals surface area contributed by atoms with E-state index in [4.69, 9.17) is 0 Å². The molecule has 4 heteroatoms. The van der Waals surface area contributed by atoms with E-state index < -0.39 is 0 Å². The molecule has 0 aliphatic rings. The molecule has 0 saturated heterocycles. The Balaban J connectivity index is 1.15. The van der Waals surface area contributed by atoms with Gasteiger partial charge in [0, 0.05) is 84.4 Å². The molecule has 0 atom stereocenters. The lowest BCUT2D eigenvalue weighted by Crippen LogP contribution is -1.95. The van der Waals surface area contributed by atoms with Crippen LogP contribution in [-0.4, -0.2) is 9.13 Å². The quantitative estimate of drug-likeness (QED) is 0.174. The van der Waals surface area contributed by atoms with Crippen LogP contribution in [0.5, 0.6) is 0 Å². The molecular formula is C48H28N2S2. The maximum absolute atomic E-state index is 2.51. The van der Waals surface area contributed by atoms with Crippen LogP contribution in [0.2, 0.25) is 0 Å². The van der Waals surface area contributed by atoms with Gasteiger partial charge in [0.2, 0.25) is 0 Å². The third-order valence-electron chi connectivity index (χ3n) is 10.9. The van der Waals surface area contributed by atoms with Crippen LogP contribution in [0.4, 0.5) is 0 Å². The molecule has 12 rings (SSSR count). The summed E-state index contributed by atoms with van der Waals surface area (Å²) in [4.78, 5) is 0. The molecular weight excluding hydrogens is 669 g/mol. The maximum atomic E-state index is 2.51. The smallest absolute Gasteiger partial charge is 0.0641 e. The molecule has 0 fully saturated rings. The van der Waals surface area contributed by atoms with Crippen LogP contribution in [0.3, 0.4) is 0 Å². The molecule has 52 heavy (non-hydrogen) atoms. The van der Waals surface area contributed by atoms with E-state index in [2.05, 4.69) is 179 Å². The Morgan fingerprint density at radius 3 is 1.69 bits per heavy atom. The van der Waals surface area contributed by atoms with Gasteiger partial charge >= 0.3 is 0 Å². The second kappa shape index (κ2) is 10.7. The Labute approximate surface area is 306 Å². The van der Waals surface area contributed by atoms with Crippen molar-refractivity contribution in [2.75, 3.05) is 0 Å². The molecule has 0 amide bonds. The van der Waals surface area contributed by atoms with E-state index in [0.717, 1.165) is 0 Å². The van der Waals surface area contributed by atoms with Crippen LogP contribution in [-0.2, 0) is 0 Å². The standard InChI is InChI=1S/C48H28N2S2/c1-2-12-29(13-3-1)49-41-22-8-5-16-38(41)45-42(49)26-25-33-31-14-4-7-21-40(31)50(46(33)45)30-24-27-44-39(28-30)37-20-11-19-36(48(37)52-44)35-18-10-17-34-32-15-6-9-23-43(32)51-47(34)35/h1-28H. The van der Waals surface area contributed by atoms with Crippen LogP contribution in [0.1, 0.15) is 0 Å². The van der Waals surface area contributed by atoms with E-state index in [1.807, 2.05) is 22.7 Å². The largest absolute Gasteiger partial charge is 0.309 e. The number of hydrogen-bond acceptors (Lipinski definition) is 2. The van der Waals surface area contributed by atoms with Crippen LogP contribution in [0, 0.1) is 0 Å². The highest BCUT2D eigenvalue weighted by atomic mass is 32.1.